The average Bonchev–Trinajstić information content (AvgIpc) is 2.23. The van der Waals surface area contributed by atoms with Crippen LogP contribution in [0.15, 0.2) is 11.1 Å². The maximum Gasteiger partial charge on any atom is 0.266 e. The molecule has 2 N–H and O–H groups in total. The SMILES string of the molecule is O=c1[nH]cnc(N2CCNCC2)c1I. The van der Waals surface area contributed by atoms with E-state index in [1.165, 1.54) is 6.33 Å². The Hall–Kier alpha value is -0.630. The number of hydrogen-bond donors (Lipinski definition) is 2. The molecule has 0 saturated carbocycles. The molecule has 0 atom stereocenters. The zero-order chi connectivity index (χ0) is 9.97. The highest BCUT2D eigenvalue weighted by Gasteiger charge is 2.15. The Balaban J connectivity index is 2.30. The van der Waals surface area contributed by atoms with Crippen LogP contribution in [0.25, 0.3) is 0 Å². The molecule has 0 aromatic carbocycles. The highest BCUT2D eigenvalue weighted by atomic mass is 127. The van der Waals surface area contributed by atoms with E-state index in [-0.39, 0.29) is 5.56 Å². The molecule has 0 radical (unpaired) electrons. The van der Waals surface area contributed by atoms with Crippen LogP contribution in [0.5, 0.6) is 0 Å². The molecule has 2 rings (SSSR count). The third-order valence-electron chi connectivity index (χ3n) is 2.19. The van der Waals surface area contributed by atoms with Crippen molar-refractivity contribution in [1.82, 2.24) is 15.3 Å². The molecule has 0 bridgehead atoms. The standard InChI is InChI=1S/C8H11IN4O/c9-6-7(11-5-12-8(6)14)13-3-1-10-2-4-13/h5,10H,1-4H2,(H,11,12,14). The third-order valence-corrected chi connectivity index (χ3v) is 3.17. The molecule has 1 aromatic heterocycles. The topological polar surface area (TPSA) is 61.0 Å². The Labute approximate surface area is 95.1 Å². The van der Waals surface area contributed by atoms with Gasteiger partial charge in [-0.05, 0) is 22.6 Å². The van der Waals surface area contributed by atoms with Gasteiger partial charge in [-0.2, -0.15) is 0 Å². The van der Waals surface area contributed by atoms with Crippen molar-refractivity contribution in [2.24, 2.45) is 0 Å². The minimum atomic E-state index is -0.0610. The molecule has 1 aliphatic rings. The molecule has 1 aliphatic heterocycles. The summed E-state index contributed by atoms with van der Waals surface area (Å²) >= 11 is 2.04. The van der Waals surface area contributed by atoms with Crippen molar-refractivity contribution >= 4 is 28.4 Å². The molecule has 0 unspecified atom stereocenters. The number of halogens is 1. The summed E-state index contributed by atoms with van der Waals surface area (Å²) in [5.41, 5.74) is -0.0610. The summed E-state index contributed by atoms with van der Waals surface area (Å²) < 4.78 is 0.673. The van der Waals surface area contributed by atoms with Crippen LogP contribution in [0.3, 0.4) is 0 Å². The number of rotatable bonds is 1. The van der Waals surface area contributed by atoms with Gasteiger partial charge in [0, 0.05) is 26.2 Å². The van der Waals surface area contributed by atoms with E-state index in [1.807, 2.05) is 22.6 Å². The van der Waals surface area contributed by atoms with Gasteiger partial charge >= 0.3 is 0 Å². The monoisotopic (exact) mass is 306 g/mol. The fraction of sp³-hybridized carbons (Fsp3) is 0.500. The first-order valence-corrected chi connectivity index (χ1v) is 5.56. The quantitative estimate of drug-likeness (QED) is 0.705. The van der Waals surface area contributed by atoms with E-state index in [9.17, 15) is 4.79 Å². The van der Waals surface area contributed by atoms with Gasteiger partial charge in [0.1, 0.15) is 9.39 Å². The van der Waals surface area contributed by atoms with E-state index < -0.39 is 0 Å². The van der Waals surface area contributed by atoms with E-state index in [0.29, 0.717) is 3.57 Å². The summed E-state index contributed by atoms with van der Waals surface area (Å²) in [6.45, 7) is 3.72. The van der Waals surface area contributed by atoms with Crippen LogP contribution in [0, 0.1) is 3.57 Å². The molecule has 1 aromatic rings. The molecular formula is C8H11IN4O. The Morgan fingerprint density at radius 2 is 2.14 bits per heavy atom. The number of aromatic amines is 1. The first-order valence-electron chi connectivity index (χ1n) is 4.48. The van der Waals surface area contributed by atoms with Gasteiger partial charge in [-0.15, -0.1) is 0 Å². The molecule has 5 nitrogen and oxygen atoms in total. The number of aromatic nitrogens is 2. The molecule has 1 saturated heterocycles. The summed E-state index contributed by atoms with van der Waals surface area (Å²) in [6.07, 6.45) is 1.46. The molecule has 0 aliphatic carbocycles. The lowest BCUT2D eigenvalue weighted by atomic mass is 10.3. The third kappa shape index (κ3) is 1.90. The number of anilines is 1. The van der Waals surface area contributed by atoms with Crippen LogP contribution in [0.2, 0.25) is 0 Å². The van der Waals surface area contributed by atoms with Crippen molar-refractivity contribution in [3.63, 3.8) is 0 Å². The van der Waals surface area contributed by atoms with E-state index in [4.69, 9.17) is 0 Å². The van der Waals surface area contributed by atoms with Gasteiger partial charge in [-0.25, -0.2) is 4.98 Å². The zero-order valence-electron chi connectivity index (χ0n) is 7.59. The van der Waals surface area contributed by atoms with Gasteiger partial charge < -0.3 is 15.2 Å². The minimum absolute atomic E-state index is 0.0610. The summed E-state index contributed by atoms with van der Waals surface area (Å²) in [5, 5.41) is 3.26. The molecule has 0 amide bonds. The fourth-order valence-corrected chi connectivity index (χ4v) is 2.11. The molecule has 76 valence electrons. The molecule has 14 heavy (non-hydrogen) atoms. The van der Waals surface area contributed by atoms with Gasteiger partial charge in [-0.3, -0.25) is 4.79 Å². The van der Waals surface area contributed by atoms with Crippen molar-refractivity contribution in [3.05, 3.63) is 20.3 Å². The maximum atomic E-state index is 11.3. The molecule has 2 heterocycles. The van der Waals surface area contributed by atoms with Crippen LogP contribution < -0.4 is 15.8 Å². The van der Waals surface area contributed by atoms with Gasteiger partial charge in [0.2, 0.25) is 0 Å². The van der Waals surface area contributed by atoms with Gasteiger partial charge in [0.25, 0.3) is 5.56 Å². The molecular weight excluding hydrogens is 295 g/mol. The van der Waals surface area contributed by atoms with E-state index >= 15 is 0 Å². The van der Waals surface area contributed by atoms with Crippen LogP contribution in [0.4, 0.5) is 5.82 Å². The Kier molecular flexibility index (Phi) is 3.02. The lowest BCUT2D eigenvalue weighted by Gasteiger charge is -2.28. The Morgan fingerprint density at radius 1 is 1.43 bits per heavy atom. The first-order chi connectivity index (χ1) is 6.79. The lowest BCUT2D eigenvalue weighted by Crippen LogP contribution is -2.44. The van der Waals surface area contributed by atoms with Gasteiger partial charge in [0.05, 0.1) is 6.33 Å². The Morgan fingerprint density at radius 3 is 2.86 bits per heavy atom. The van der Waals surface area contributed by atoms with E-state index in [0.717, 1.165) is 32.0 Å². The predicted octanol–water partition coefficient (Wildman–Crippen LogP) is -0.216. The fourth-order valence-electron chi connectivity index (χ4n) is 1.47. The van der Waals surface area contributed by atoms with Crippen LogP contribution in [-0.2, 0) is 0 Å². The van der Waals surface area contributed by atoms with Crippen molar-refractivity contribution in [2.75, 3.05) is 31.1 Å². The largest absolute Gasteiger partial charge is 0.353 e. The summed E-state index contributed by atoms with van der Waals surface area (Å²) in [5.74, 6) is 0.802. The summed E-state index contributed by atoms with van der Waals surface area (Å²) in [6, 6.07) is 0. The normalized spacial score (nSPS) is 17.1. The first kappa shape index (κ1) is 9.91. The van der Waals surface area contributed by atoms with Crippen molar-refractivity contribution in [1.29, 1.82) is 0 Å². The average molecular weight is 306 g/mol. The Bertz CT molecular complexity index is 372. The summed E-state index contributed by atoms with van der Waals surface area (Å²) in [4.78, 5) is 20.2. The molecule has 1 fully saturated rings. The van der Waals surface area contributed by atoms with Crippen LogP contribution >= 0.6 is 22.6 Å². The molecule has 0 spiro atoms. The second kappa shape index (κ2) is 4.26. The minimum Gasteiger partial charge on any atom is -0.353 e. The van der Waals surface area contributed by atoms with Crippen LogP contribution in [-0.4, -0.2) is 36.1 Å². The maximum absolute atomic E-state index is 11.3. The summed E-state index contributed by atoms with van der Waals surface area (Å²) in [7, 11) is 0. The van der Waals surface area contributed by atoms with E-state index in [2.05, 4.69) is 20.2 Å². The van der Waals surface area contributed by atoms with Gasteiger partial charge in [-0.1, -0.05) is 0 Å². The second-order valence-corrected chi connectivity index (χ2v) is 4.19. The molecule has 6 heteroatoms. The van der Waals surface area contributed by atoms with Crippen molar-refractivity contribution in [3.8, 4) is 0 Å². The number of nitrogens with zero attached hydrogens (tertiary/aromatic N) is 2. The number of piperazine rings is 1. The van der Waals surface area contributed by atoms with Crippen LogP contribution in [0.1, 0.15) is 0 Å². The number of hydrogen-bond acceptors (Lipinski definition) is 4. The predicted molar refractivity (Wildman–Crippen MR) is 62.7 cm³/mol. The second-order valence-electron chi connectivity index (χ2n) is 3.11. The number of nitrogens with one attached hydrogen (secondary N) is 2. The van der Waals surface area contributed by atoms with Gasteiger partial charge in [0.15, 0.2) is 0 Å². The van der Waals surface area contributed by atoms with E-state index in [1.54, 1.807) is 0 Å². The van der Waals surface area contributed by atoms with Crippen molar-refractivity contribution in [2.45, 2.75) is 0 Å². The smallest absolute Gasteiger partial charge is 0.266 e. The highest BCUT2D eigenvalue weighted by Crippen LogP contribution is 2.15. The zero-order valence-corrected chi connectivity index (χ0v) is 9.74. The highest BCUT2D eigenvalue weighted by molar-refractivity contribution is 14.1. The van der Waals surface area contributed by atoms with Crippen molar-refractivity contribution < 1.29 is 0 Å². The lowest BCUT2D eigenvalue weighted by molar-refractivity contribution is 0.583. The number of H-pyrrole nitrogens is 1.